The molecule has 0 aromatic heterocycles. The molecule has 0 aromatic rings. The number of aliphatic hydroxyl groups is 1. The Balaban J connectivity index is 3.17. The molecule has 1 unspecified atom stereocenters. The maximum Gasteiger partial charge on any atom is 0.0897 e. The van der Waals surface area contributed by atoms with E-state index in [9.17, 15) is 5.11 Å². The van der Waals surface area contributed by atoms with Crippen molar-refractivity contribution in [2.24, 2.45) is 5.92 Å². The quantitative estimate of drug-likeness (QED) is 0.420. The molecule has 0 heterocycles. The number of aliphatic hydroxyl groups excluding tert-OH is 1. The van der Waals surface area contributed by atoms with Gasteiger partial charge in [0.25, 0.3) is 0 Å². The molecule has 0 aromatic carbocycles. The number of ether oxygens (including phenoxy) is 1. The number of hydrogen-bond donors (Lipinski definition) is 2. The molecule has 0 spiro atoms. The molecule has 3 nitrogen and oxygen atoms in total. The first-order valence-corrected chi connectivity index (χ1v) is 6.24. The van der Waals surface area contributed by atoms with E-state index in [0.29, 0.717) is 13.2 Å². The van der Waals surface area contributed by atoms with Crippen molar-refractivity contribution >= 4 is 0 Å². The summed E-state index contributed by atoms with van der Waals surface area (Å²) in [7, 11) is 0. The van der Waals surface area contributed by atoms with E-state index >= 15 is 0 Å². The zero-order valence-electron chi connectivity index (χ0n) is 10.7. The second-order valence-electron chi connectivity index (χ2n) is 4.55. The molecule has 16 heavy (non-hydrogen) atoms. The first-order valence-electron chi connectivity index (χ1n) is 6.24. The lowest BCUT2D eigenvalue weighted by Crippen LogP contribution is -2.31. The first-order chi connectivity index (χ1) is 7.66. The summed E-state index contributed by atoms with van der Waals surface area (Å²) in [6.45, 7) is 10.7. The second kappa shape index (κ2) is 11.1. The molecule has 0 saturated carbocycles. The Bertz CT molecular complexity index is 160. The van der Waals surface area contributed by atoms with Crippen molar-refractivity contribution in [3.8, 4) is 0 Å². The van der Waals surface area contributed by atoms with Crippen LogP contribution < -0.4 is 5.32 Å². The van der Waals surface area contributed by atoms with E-state index in [-0.39, 0.29) is 0 Å². The minimum absolute atomic E-state index is 0.399. The largest absolute Gasteiger partial charge is 0.389 e. The van der Waals surface area contributed by atoms with Crippen molar-refractivity contribution in [1.82, 2.24) is 5.32 Å². The summed E-state index contributed by atoms with van der Waals surface area (Å²) in [5, 5.41) is 12.7. The summed E-state index contributed by atoms with van der Waals surface area (Å²) in [6.07, 6.45) is 4.66. The molecule has 96 valence electrons. The molecule has 0 amide bonds. The lowest BCUT2D eigenvalue weighted by molar-refractivity contribution is 0.0349. The predicted octanol–water partition coefficient (Wildman–Crippen LogP) is 1.97. The van der Waals surface area contributed by atoms with Crippen LogP contribution >= 0.6 is 0 Å². The van der Waals surface area contributed by atoms with Crippen LogP contribution in [0.4, 0.5) is 0 Å². The molecule has 0 rings (SSSR count). The minimum Gasteiger partial charge on any atom is -0.389 e. The molecule has 0 saturated heterocycles. The third-order valence-corrected chi connectivity index (χ3v) is 2.29. The maximum absolute atomic E-state index is 9.54. The molecule has 3 heteroatoms. The summed E-state index contributed by atoms with van der Waals surface area (Å²) < 4.78 is 5.39. The van der Waals surface area contributed by atoms with Gasteiger partial charge in [-0.05, 0) is 31.7 Å². The summed E-state index contributed by atoms with van der Waals surface area (Å²) in [4.78, 5) is 0. The fourth-order valence-corrected chi connectivity index (χ4v) is 1.34. The monoisotopic (exact) mass is 229 g/mol. The summed E-state index contributed by atoms with van der Waals surface area (Å²) in [6, 6.07) is 0. The Morgan fingerprint density at radius 3 is 2.81 bits per heavy atom. The number of nitrogens with one attached hydrogen (secondary N) is 1. The molecule has 0 bridgehead atoms. The summed E-state index contributed by atoms with van der Waals surface area (Å²) >= 11 is 0. The zero-order chi connectivity index (χ0) is 12.2. The van der Waals surface area contributed by atoms with E-state index in [1.165, 1.54) is 6.42 Å². The molecule has 0 aliphatic heterocycles. The van der Waals surface area contributed by atoms with Gasteiger partial charge in [-0.2, -0.15) is 0 Å². The van der Waals surface area contributed by atoms with Gasteiger partial charge in [-0.15, -0.1) is 6.58 Å². The van der Waals surface area contributed by atoms with Crippen LogP contribution in [0.1, 0.15) is 33.1 Å². The Labute approximate surface area is 99.9 Å². The van der Waals surface area contributed by atoms with Crippen molar-refractivity contribution in [3.05, 3.63) is 12.7 Å². The van der Waals surface area contributed by atoms with Crippen molar-refractivity contribution < 1.29 is 9.84 Å². The third kappa shape index (κ3) is 11.7. The summed E-state index contributed by atoms with van der Waals surface area (Å²) in [5.41, 5.74) is 0. The molecule has 0 fully saturated rings. The highest BCUT2D eigenvalue weighted by molar-refractivity contribution is 4.68. The topological polar surface area (TPSA) is 41.5 Å². The maximum atomic E-state index is 9.54. The average Bonchev–Trinajstić information content (AvgIpc) is 2.23. The van der Waals surface area contributed by atoms with Crippen molar-refractivity contribution in [2.75, 3.05) is 26.3 Å². The van der Waals surface area contributed by atoms with Gasteiger partial charge in [0, 0.05) is 13.2 Å². The van der Waals surface area contributed by atoms with Gasteiger partial charge in [0.2, 0.25) is 0 Å². The van der Waals surface area contributed by atoms with E-state index in [1.54, 1.807) is 0 Å². The Morgan fingerprint density at radius 2 is 2.19 bits per heavy atom. The lowest BCUT2D eigenvalue weighted by Gasteiger charge is -2.12. The van der Waals surface area contributed by atoms with Crippen LogP contribution in [0.25, 0.3) is 0 Å². The van der Waals surface area contributed by atoms with Crippen LogP contribution in [0.3, 0.4) is 0 Å². The van der Waals surface area contributed by atoms with E-state index in [1.807, 2.05) is 6.08 Å². The van der Waals surface area contributed by atoms with E-state index < -0.39 is 6.10 Å². The van der Waals surface area contributed by atoms with Gasteiger partial charge in [0.05, 0.1) is 12.7 Å². The second-order valence-corrected chi connectivity index (χ2v) is 4.55. The van der Waals surface area contributed by atoms with E-state index in [4.69, 9.17) is 4.74 Å². The van der Waals surface area contributed by atoms with Crippen molar-refractivity contribution in [3.63, 3.8) is 0 Å². The minimum atomic E-state index is -0.399. The average molecular weight is 229 g/mol. The van der Waals surface area contributed by atoms with Crippen LogP contribution in [0.2, 0.25) is 0 Å². The highest BCUT2D eigenvalue weighted by atomic mass is 16.5. The fraction of sp³-hybridized carbons (Fsp3) is 0.846. The van der Waals surface area contributed by atoms with E-state index in [2.05, 4.69) is 25.7 Å². The molecular formula is C13H27NO2. The molecule has 1 atom stereocenters. The highest BCUT2D eigenvalue weighted by Gasteiger charge is 2.03. The van der Waals surface area contributed by atoms with Crippen molar-refractivity contribution in [2.45, 2.75) is 39.2 Å². The smallest absolute Gasteiger partial charge is 0.0897 e. The van der Waals surface area contributed by atoms with Gasteiger partial charge in [0.15, 0.2) is 0 Å². The Hall–Kier alpha value is -0.380. The fourth-order valence-electron chi connectivity index (χ4n) is 1.34. The van der Waals surface area contributed by atoms with Crippen LogP contribution in [-0.4, -0.2) is 37.5 Å². The highest BCUT2D eigenvalue weighted by Crippen LogP contribution is 2.03. The number of rotatable bonds is 11. The SMILES string of the molecule is C=CCCNCC(O)COCCCC(C)C. The first kappa shape index (κ1) is 15.6. The van der Waals surface area contributed by atoms with Crippen LogP contribution in [0.5, 0.6) is 0 Å². The van der Waals surface area contributed by atoms with Gasteiger partial charge in [-0.25, -0.2) is 0 Å². The zero-order valence-corrected chi connectivity index (χ0v) is 10.7. The summed E-state index contributed by atoms with van der Waals surface area (Å²) in [5.74, 6) is 0.731. The Morgan fingerprint density at radius 1 is 1.44 bits per heavy atom. The molecule has 2 N–H and O–H groups in total. The van der Waals surface area contributed by atoms with Crippen LogP contribution in [0.15, 0.2) is 12.7 Å². The normalized spacial score (nSPS) is 13.0. The molecule has 0 aliphatic rings. The predicted molar refractivity (Wildman–Crippen MR) is 68.6 cm³/mol. The van der Waals surface area contributed by atoms with Crippen LogP contribution in [0, 0.1) is 5.92 Å². The molecular weight excluding hydrogens is 202 g/mol. The molecule has 0 radical (unpaired) electrons. The van der Waals surface area contributed by atoms with Crippen molar-refractivity contribution in [1.29, 1.82) is 0 Å². The van der Waals surface area contributed by atoms with Crippen LogP contribution in [-0.2, 0) is 4.74 Å². The van der Waals surface area contributed by atoms with Gasteiger partial charge >= 0.3 is 0 Å². The van der Waals surface area contributed by atoms with Gasteiger partial charge in [-0.1, -0.05) is 19.9 Å². The van der Waals surface area contributed by atoms with E-state index in [0.717, 1.165) is 31.9 Å². The van der Waals surface area contributed by atoms with Gasteiger partial charge < -0.3 is 15.2 Å². The third-order valence-electron chi connectivity index (χ3n) is 2.29. The molecule has 0 aliphatic carbocycles. The van der Waals surface area contributed by atoms with Gasteiger partial charge in [-0.3, -0.25) is 0 Å². The lowest BCUT2D eigenvalue weighted by atomic mass is 10.1. The standard InChI is InChI=1S/C13H27NO2/c1-4-5-8-14-10-13(15)11-16-9-6-7-12(2)3/h4,12-15H,1,5-11H2,2-3H3. The van der Waals surface area contributed by atoms with Gasteiger partial charge in [0.1, 0.15) is 0 Å². The Kier molecular flexibility index (Phi) is 10.9. The number of hydrogen-bond acceptors (Lipinski definition) is 3.